The average Bonchev–Trinajstić information content (AvgIpc) is 2.67. The topological polar surface area (TPSA) is 103 Å². The molecule has 7 heteroatoms. The minimum absolute atomic E-state index is 0.250. The third-order valence-electron chi connectivity index (χ3n) is 4.86. The molecule has 1 fully saturated rings. The number of pyridine rings is 1. The predicted octanol–water partition coefficient (Wildman–Crippen LogP) is 2.96. The van der Waals surface area contributed by atoms with Crippen molar-refractivity contribution in [3.05, 3.63) is 30.0 Å². The number of carbonyl (C=O) groups is 1. The summed E-state index contributed by atoms with van der Waals surface area (Å²) in [5.41, 5.74) is 8.67. The van der Waals surface area contributed by atoms with Gasteiger partial charge in [-0.25, -0.2) is 0 Å². The largest absolute Gasteiger partial charge is 0.493 e. The predicted molar refractivity (Wildman–Crippen MR) is 106 cm³/mol. The van der Waals surface area contributed by atoms with Gasteiger partial charge < -0.3 is 15.4 Å². The van der Waals surface area contributed by atoms with E-state index in [9.17, 15) is 4.79 Å². The number of benzene rings is 1. The molecule has 0 aliphatic carbocycles. The molecule has 0 saturated carbocycles. The fourth-order valence-corrected chi connectivity index (χ4v) is 3.47. The van der Waals surface area contributed by atoms with E-state index in [4.69, 9.17) is 20.1 Å². The van der Waals surface area contributed by atoms with Crippen LogP contribution in [0.1, 0.15) is 38.3 Å². The smallest absolute Gasteiger partial charge is 0.373 e. The molecule has 2 N–H and O–H groups in total. The average molecular weight is 385 g/mol. The number of hydrogen-bond acceptors (Lipinski definition) is 6. The van der Waals surface area contributed by atoms with Gasteiger partial charge in [0.05, 0.1) is 17.5 Å². The van der Waals surface area contributed by atoms with Crippen LogP contribution in [0, 0.1) is 12.8 Å². The molecule has 1 aromatic heterocycles. The first-order valence-corrected chi connectivity index (χ1v) is 9.55. The number of amides is 1. The summed E-state index contributed by atoms with van der Waals surface area (Å²) in [7, 11) is 0. The molecule has 0 atom stereocenters. The fraction of sp³-hybridized carbons (Fsp3) is 0.476. The lowest BCUT2D eigenvalue weighted by Crippen LogP contribution is -2.39. The van der Waals surface area contributed by atoms with Crippen molar-refractivity contribution in [2.45, 2.75) is 39.5 Å². The molecular weight excluding hydrogens is 358 g/mol. The van der Waals surface area contributed by atoms with Crippen LogP contribution in [0.5, 0.6) is 5.75 Å². The van der Waals surface area contributed by atoms with Crippen LogP contribution >= 0.6 is 0 Å². The first kappa shape index (κ1) is 21.4. The molecule has 2 aromatic rings. The van der Waals surface area contributed by atoms with Gasteiger partial charge >= 0.3 is 6.15 Å². The molecule has 1 aliphatic rings. The lowest BCUT2D eigenvalue weighted by Gasteiger charge is -2.32. The molecule has 3 rings (SSSR count). The van der Waals surface area contributed by atoms with E-state index >= 15 is 0 Å². The number of nitrogen functional groups attached to an aromatic ring is 1. The molecule has 150 valence electrons. The number of piperidine rings is 1. The standard InChI is InChI=1S/C20H27N3O2.CO2/c1-3-5-19(24)23-10-8-15(9-11-23)13-25-18-7-4-6-17-20(18)16(21)12-14(2)22-17;2-1-3/h4,6-7,12,15H,3,5,8-11,13H2,1-2H3,(H2,21,22);. The van der Waals surface area contributed by atoms with Gasteiger partial charge in [0, 0.05) is 30.9 Å². The second-order valence-corrected chi connectivity index (χ2v) is 6.97. The number of fused-ring (bicyclic) bond motifs is 1. The Morgan fingerprint density at radius 3 is 2.64 bits per heavy atom. The summed E-state index contributed by atoms with van der Waals surface area (Å²) in [5, 5.41) is 0.892. The Morgan fingerprint density at radius 1 is 1.32 bits per heavy atom. The summed E-state index contributed by atoms with van der Waals surface area (Å²) in [5.74, 6) is 1.55. The van der Waals surface area contributed by atoms with Gasteiger partial charge in [0.2, 0.25) is 5.91 Å². The monoisotopic (exact) mass is 385 g/mol. The minimum atomic E-state index is 0.250. The second-order valence-electron chi connectivity index (χ2n) is 6.97. The fourth-order valence-electron chi connectivity index (χ4n) is 3.47. The Bertz CT molecular complexity index is 839. The number of ether oxygens (including phenoxy) is 1. The summed E-state index contributed by atoms with van der Waals surface area (Å²) in [4.78, 5) is 34.7. The zero-order valence-electron chi connectivity index (χ0n) is 16.4. The molecule has 1 saturated heterocycles. The maximum atomic E-state index is 12.0. The van der Waals surface area contributed by atoms with E-state index in [0.717, 1.165) is 54.7 Å². The van der Waals surface area contributed by atoms with Gasteiger partial charge in [-0.3, -0.25) is 9.78 Å². The molecule has 28 heavy (non-hydrogen) atoms. The molecule has 1 aromatic carbocycles. The first-order chi connectivity index (χ1) is 13.5. The summed E-state index contributed by atoms with van der Waals surface area (Å²) < 4.78 is 6.10. The van der Waals surface area contributed by atoms with E-state index in [1.54, 1.807) is 0 Å². The van der Waals surface area contributed by atoms with Crippen molar-refractivity contribution in [2.24, 2.45) is 5.92 Å². The van der Waals surface area contributed by atoms with Gasteiger partial charge in [0.1, 0.15) is 5.75 Å². The number of nitrogens with zero attached hydrogens (tertiary/aromatic N) is 2. The summed E-state index contributed by atoms with van der Waals surface area (Å²) >= 11 is 0. The van der Waals surface area contributed by atoms with Gasteiger partial charge in [0.25, 0.3) is 0 Å². The van der Waals surface area contributed by atoms with Crippen molar-refractivity contribution in [1.29, 1.82) is 0 Å². The van der Waals surface area contributed by atoms with Crippen LogP contribution in [-0.2, 0) is 14.4 Å². The molecular formula is C21H27N3O4. The number of nitrogens with two attached hydrogens (primary N) is 1. The van der Waals surface area contributed by atoms with Crippen molar-refractivity contribution in [2.75, 3.05) is 25.4 Å². The van der Waals surface area contributed by atoms with Crippen molar-refractivity contribution < 1.29 is 19.1 Å². The van der Waals surface area contributed by atoms with E-state index in [2.05, 4.69) is 4.98 Å². The number of anilines is 1. The quantitative estimate of drug-likeness (QED) is 0.849. The number of likely N-dealkylation sites (tertiary alicyclic amines) is 1. The molecule has 0 bridgehead atoms. The minimum Gasteiger partial charge on any atom is -0.493 e. The van der Waals surface area contributed by atoms with Gasteiger partial charge in [0.15, 0.2) is 0 Å². The van der Waals surface area contributed by atoms with E-state index in [-0.39, 0.29) is 12.1 Å². The van der Waals surface area contributed by atoms with Crippen molar-refractivity contribution >= 4 is 28.6 Å². The molecule has 0 spiro atoms. The van der Waals surface area contributed by atoms with Crippen LogP contribution in [-0.4, -0.2) is 41.6 Å². The van der Waals surface area contributed by atoms with Gasteiger partial charge in [-0.1, -0.05) is 13.0 Å². The lowest BCUT2D eigenvalue weighted by atomic mass is 9.97. The van der Waals surface area contributed by atoms with Gasteiger partial charge in [-0.05, 0) is 50.3 Å². The van der Waals surface area contributed by atoms with Crippen LogP contribution < -0.4 is 10.5 Å². The maximum absolute atomic E-state index is 12.0. The number of rotatable bonds is 5. The van der Waals surface area contributed by atoms with E-state index in [0.29, 0.717) is 24.6 Å². The molecule has 1 amide bonds. The Labute approximate surface area is 164 Å². The summed E-state index contributed by atoms with van der Waals surface area (Å²) in [6.45, 7) is 6.32. The lowest BCUT2D eigenvalue weighted by molar-refractivity contribution is -0.191. The summed E-state index contributed by atoms with van der Waals surface area (Å²) in [6, 6.07) is 7.75. The Kier molecular flexibility index (Phi) is 7.96. The molecule has 0 radical (unpaired) electrons. The van der Waals surface area contributed by atoms with Crippen LogP contribution in [0.3, 0.4) is 0 Å². The zero-order chi connectivity index (χ0) is 20.5. The van der Waals surface area contributed by atoms with Gasteiger partial charge in [-0.15, -0.1) is 0 Å². The van der Waals surface area contributed by atoms with Crippen molar-refractivity contribution in [3.8, 4) is 5.75 Å². The first-order valence-electron chi connectivity index (χ1n) is 9.55. The van der Waals surface area contributed by atoms with Gasteiger partial charge in [-0.2, -0.15) is 9.59 Å². The number of hydrogen-bond donors (Lipinski definition) is 1. The number of aromatic nitrogens is 1. The third-order valence-corrected chi connectivity index (χ3v) is 4.86. The summed E-state index contributed by atoms with van der Waals surface area (Å²) in [6.07, 6.45) is 3.81. The highest BCUT2D eigenvalue weighted by Crippen LogP contribution is 2.31. The SMILES string of the molecule is CCCC(=O)N1CCC(COc2cccc3nc(C)cc(N)c23)CC1.O=C=O. The Hall–Kier alpha value is -2.92. The maximum Gasteiger partial charge on any atom is 0.373 e. The highest BCUT2D eigenvalue weighted by Gasteiger charge is 2.23. The second kappa shape index (κ2) is 10.4. The third kappa shape index (κ3) is 5.54. The number of carbonyl (C=O) groups excluding carboxylic acids is 3. The normalized spacial score (nSPS) is 14.1. The molecule has 1 aliphatic heterocycles. The highest BCUT2D eigenvalue weighted by molar-refractivity contribution is 5.95. The van der Waals surface area contributed by atoms with Crippen LogP contribution in [0.25, 0.3) is 10.9 Å². The zero-order valence-corrected chi connectivity index (χ0v) is 16.4. The molecule has 7 nitrogen and oxygen atoms in total. The van der Waals surface area contributed by atoms with Crippen LogP contribution in [0.15, 0.2) is 24.3 Å². The highest BCUT2D eigenvalue weighted by atomic mass is 16.5. The molecule has 2 heterocycles. The molecule has 0 unspecified atom stereocenters. The van der Waals surface area contributed by atoms with Crippen molar-refractivity contribution in [3.63, 3.8) is 0 Å². The Balaban J connectivity index is 0.000000878. The van der Waals surface area contributed by atoms with Crippen molar-refractivity contribution in [1.82, 2.24) is 9.88 Å². The van der Waals surface area contributed by atoms with Crippen LogP contribution in [0.4, 0.5) is 5.69 Å². The van der Waals surface area contributed by atoms with Crippen LogP contribution in [0.2, 0.25) is 0 Å². The number of aryl methyl sites for hydroxylation is 1. The Morgan fingerprint density at radius 2 is 2.00 bits per heavy atom. The van der Waals surface area contributed by atoms with E-state index < -0.39 is 0 Å². The van der Waals surface area contributed by atoms with E-state index in [1.165, 1.54) is 0 Å². The van der Waals surface area contributed by atoms with E-state index in [1.807, 2.05) is 43.0 Å².